The van der Waals surface area contributed by atoms with Crippen LogP contribution in [0.3, 0.4) is 0 Å². The molecule has 0 amide bonds. The standard InChI is InChI=1S/C16H38N4/c1-5-15(3)20(16(4)6-2)14-13-19(11-7-9-17)12-8-10-18/h15-16H,5-14,17-18H2,1-4H3. The van der Waals surface area contributed by atoms with Crippen LogP contribution in [0.25, 0.3) is 0 Å². The van der Waals surface area contributed by atoms with Gasteiger partial charge in [-0.05, 0) is 65.7 Å². The maximum Gasteiger partial charge on any atom is 0.0115 e. The van der Waals surface area contributed by atoms with Gasteiger partial charge in [0.25, 0.3) is 0 Å². The highest BCUT2D eigenvalue weighted by Gasteiger charge is 2.18. The van der Waals surface area contributed by atoms with Crippen molar-refractivity contribution in [1.29, 1.82) is 0 Å². The molecule has 2 atom stereocenters. The Balaban J connectivity index is 4.35. The van der Waals surface area contributed by atoms with E-state index in [-0.39, 0.29) is 0 Å². The van der Waals surface area contributed by atoms with Crippen LogP contribution in [0.1, 0.15) is 53.4 Å². The van der Waals surface area contributed by atoms with Gasteiger partial charge in [-0.3, -0.25) is 4.90 Å². The van der Waals surface area contributed by atoms with Gasteiger partial charge in [0.2, 0.25) is 0 Å². The first-order valence-electron chi connectivity index (χ1n) is 8.48. The molecule has 0 aromatic rings. The minimum Gasteiger partial charge on any atom is -0.330 e. The average molecular weight is 287 g/mol. The van der Waals surface area contributed by atoms with Gasteiger partial charge in [-0.1, -0.05) is 13.8 Å². The number of rotatable bonds is 13. The summed E-state index contributed by atoms with van der Waals surface area (Å²) in [5, 5.41) is 0. The van der Waals surface area contributed by atoms with Crippen molar-refractivity contribution >= 4 is 0 Å². The van der Waals surface area contributed by atoms with Crippen LogP contribution in [-0.4, -0.2) is 61.2 Å². The van der Waals surface area contributed by atoms with Crippen LogP contribution in [0.5, 0.6) is 0 Å². The van der Waals surface area contributed by atoms with E-state index in [2.05, 4.69) is 37.5 Å². The lowest BCUT2D eigenvalue weighted by Crippen LogP contribution is -2.45. The summed E-state index contributed by atoms with van der Waals surface area (Å²) in [6.45, 7) is 15.3. The molecule has 4 nitrogen and oxygen atoms in total. The molecule has 0 aromatic carbocycles. The van der Waals surface area contributed by atoms with Crippen LogP contribution in [0.4, 0.5) is 0 Å². The van der Waals surface area contributed by atoms with Gasteiger partial charge in [-0.25, -0.2) is 0 Å². The van der Waals surface area contributed by atoms with E-state index in [0.717, 1.165) is 52.1 Å². The molecule has 0 saturated heterocycles. The van der Waals surface area contributed by atoms with Crippen LogP contribution in [0, 0.1) is 0 Å². The lowest BCUT2D eigenvalue weighted by atomic mass is 10.1. The van der Waals surface area contributed by atoms with Gasteiger partial charge in [0.1, 0.15) is 0 Å². The Hall–Kier alpha value is -0.160. The molecular formula is C16H38N4. The van der Waals surface area contributed by atoms with Gasteiger partial charge in [0.05, 0.1) is 0 Å². The van der Waals surface area contributed by atoms with Crippen molar-refractivity contribution in [2.75, 3.05) is 39.3 Å². The summed E-state index contributed by atoms with van der Waals surface area (Å²) in [5.41, 5.74) is 11.3. The molecule has 4 heteroatoms. The highest BCUT2D eigenvalue weighted by molar-refractivity contribution is 4.74. The Morgan fingerprint density at radius 3 is 1.55 bits per heavy atom. The monoisotopic (exact) mass is 286 g/mol. The first-order valence-corrected chi connectivity index (χ1v) is 8.48. The molecule has 0 aliphatic heterocycles. The molecule has 0 heterocycles. The van der Waals surface area contributed by atoms with Crippen molar-refractivity contribution in [3.63, 3.8) is 0 Å². The second-order valence-electron chi connectivity index (χ2n) is 5.88. The number of nitrogens with two attached hydrogens (primary N) is 2. The fourth-order valence-electron chi connectivity index (χ4n) is 2.57. The third-order valence-corrected chi connectivity index (χ3v) is 4.35. The van der Waals surface area contributed by atoms with Crippen LogP contribution in [0.15, 0.2) is 0 Å². The molecule has 122 valence electrons. The Bertz CT molecular complexity index is 193. The summed E-state index contributed by atoms with van der Waals surface area (Å²) >= 11 is 0. The fraction of sp³-hybridized carbons (Fsp3) is 1.00. The molecule has 0 radical (unpaired) electrons. The molecule has 0 saturated carbocycles. The van der Waals surface area contributed by atoms with Crippen molar-refractivity contribution in [2.24, 2.45) is 11.5 Å². The molecule has 2 unspecified atom stereocenters. The highest BCUT2D eigenvalue weighted by Crippen LogP contribution is 2.11. The maximum atomic E-state index is 5.64. The molecule has 0 aliphatic rings. The molecule has 0 fully saturated rings. The van der Waals surface area contributed by atoms with Gasteiger partial charge in [-0.2, -0.15) is 0 Å². The normalized spacial score (nSPS) is 15.0. The maximum absolute atomic E-state index is 5.64. The molecule has 0 rings (SSSR count). The third kappa shape index (κ3) is 8.20. The zero-order chi connectivity index (χ0) is 15.4. The number of nitrogens with zero attached hydrogens (tertiary/aromatic N) is 2. The van der Waals surface area contributed by atoms with Gasteiger partial charge >= 0.3 is 0 Å². The second-order valence-corrected chi connectivity index (χ2v) is 5.88. The molecular weight excluding hydrogens is 248 g/mol. The van der Waals surface area contributed by atoms with E-state index >= 15 is 0 Å². The molecule has 0 aliphatic carbocycles. The molecule has 20 heavy (non-hydrogen) atoms. The first-order chi connectivity index (χ1) is 9.60. The fourth-order valence-corrected chi connectivity index (χ4v) is 2.57. The smallest absolute Gasteiger partial charge is 0.0115 e. The number of hydrogen-bond acceptors (Lipinski definition) is 4. The zero-order valence-electron chi connectivity index (χ0n) is 14.3. The third-order valence-electron chi connectivity index (χ3n) is 4.35. The van der Waals surface area contributed by atoms with E-state index in [1.54, 1.807) is 0 Å². The van der Waals surface area contributed by atoms with E-state index in [4.69, 9.17) is 11.5 Å². The average Bonchev–Trinajstić information content (AvgIpc) is 2.48. The summed E-state index contributed by atoms with van der Waals surface area (Å²) in [6, 6.07) is 1.33. The largest absolute Gasteiger partial charge is 0.330 e. The van der Waals surface area contributed by atoms with Crippen molar-refractivity contribution < 1.29 is 0 Å². The summed E-state index contributed by atoms with van der Waals surface area (Å²) in [5.74, 6) is 0. The minimum absolute atomic E-state index is 0.663. The van der Waals surface area contributed by atoms with Crippen molar-refractivity contribution in [3.05, 3.63) is 0 Å². The summed E-state index contributed by atoms with van der Waals surface area (Å²) in [4.78, 5) is 5.18. The van der Waals surface area contributed by atoms with Crippen molar-refractivity contribution in [2.45, 2.75) is 65.5 Å². The predicted molar refractivity (Wildman–Crippen MR) is 90.0 cm³/mol. The quantitative estimate of drug-likeness (QED) is 0.543. The summed E-state index contributed by atoms with van der Waals surface area (Å²) in [7, 11) is 0. The summed E-state index contributed by atoms with van der Waals surface area (Å²) in [6.07, 6.45) is 4.60. The number of hydrogen-bond donors (Lipinski definition) is 2. The Labute approximate surface area is 126 Å². The summed E-state index contributed by atoms with van der Waals surface area (Å²) < 4.78 is 0. The Morgan fingerprint density at radius 1 is 0.750 bits per heavy atom. The van der Waals surface area contributed by atoms with Crippen LogP contribution in [0.2, 0.25) is 0 Å². The highest BCUT2D eigenvalue weighted by atomic mass is 15.2. The minimum atomic E-state index is 0.663. The van der Waals surface area contributed by atoms with Crippen molar-refractivity contribution in [1.82, 2.24) is 9.80 Å². The molecule has 0 spiro atoms. The van der Waals surface area contributed by atoms with Crippen molar-refractivity contribution in [3.8, 4) is 0 Å². The van der Waals surface area contributed by atoms with Gasteiger partial charge in [0, 0.05) is 25.2 Å². The van der Waals surface area contributed by atoms with E-state index in [9.17, 15) is 0 Å². The lowest BCUT2D eigenvalue weighted by Gasteiger charge is -2.35. The SMILES string of the molecule is CCC(C)N(CCN(CCCN)CCCN)C(C)CC. The topological polar surface area (TPSA) is 58.5 Å². The van der Waals surface area contributed by atoms with Crippen LogP contribution in [-0.2, 0) is 0 Å². The van der Waals surface area contributed by atoms with Crippen LogP contribution < -0.4 is 11.5 Å². The molecule has 0 aromatic heterocycles. The van der Waals surface area contributed by atoms with E-state index < -0.39 is 0 Å². The Kier molecular flexibility index (Phi) is 12.5. The van der Waals surface area contributed by atoms with Crippen LogP contribution >= 0.6 is 0 Å². The molecule has 0 bridgehead atoms. The van der Waals surface area contributed by atoms with Gasteiger partial charge < -0.3 is 16.4 Å². The zero-order valence-corrected chi connectivity index (χ0v) is 14.3. The lowest BCUT2D eigenvalue weighted by molar-refractivity contribution is 0.121. The Morgan fingerprint density at radius 2 is 1.20 bits per heavy atom. The van der Waals surface area contributed by atoms with E-state index in [1.807, 2.05) is 0 Å². The van der Waals surface area contributed by atoms with E-state index in [0.29, 0.717) is 12.1 Å². The first kappa shape index (κ1) is 19.8. The van der Waals surface area contributed by atoms with Gasteiger partial charge in [-0.15, -0.1) is 0 Å². The van der Waals surface area contributed by atoms with E-state index in [1.165, 1.54) is 12.8 Å². The van der Waals surface area contributed by atoms with Gasteiger partial charge in [0.15, 0.2) is 0 Å². The molecule has 4 N–H and O–H groups in total. The predicted octanol–water partition coefficient (Wildman–Crippen LogP) is 1.89. The second kappa shape index (κ2) is 12.6.